The fourth-order valence-electron chi connectivity index (χ4n) is 4.99. The number of fused-ring (bicyclic) bond motifs is 3. The molecule has 2 aliphatic heterocycles. The molecule has 0 atom stereocenters. The van der Waals surface area contributed by atoms with Crippen LogP contribution in [0, 0.1) is 17.0 Å². The van der Waals surface area contributed by atoms with E-state index in [1.54, 1.807) is 12.4 Å². The van der Waals surface area contributed by atoms with Gasteiger partial charge in [0.1, 0.15) is 22.6 Å². The summed E-state index contributed by atoms with van der Waals surface area (Å²) in [6, 6.07) is 11.8. The summed E-state index contributed by atoms with van der Waals surface area (Å²) in [5, 5.41) is 11.8. The Labute approximate surface area is 235 Å². The van der Waals surface area contributed by atoms with Gasteiger partial charge in [0.05, 0.1) is 11.3 Å². The molecule has 0 saturated carbocycles. The van der Waals surface area contributed by atoms with Crippen LogP contribution in [-0.2, 0) is 6.42 Å². The van der Waals surface area contributed by atoms with Gasteiger partial charge in [-0.15, -0.1) is 0 Å². The van der Waals surface area contributed by atoms with Crippen molar-refractivity contribution in [3.63, 3.8) is 0 Å². The van der Waals surface area contributed by atoms with Crippen LogP contribution in [0.2, 0.25) is 0 Å². The summed E-state index contributed by atoms with van der Waals surface area (Å²) in [6.07, 6.45) is 7.15. The van der Waals surface area contributed by atoms with Crippen molar-refractivity contribution in [1.29, 1.82) is 5.41 Å². The van der Waals surface area contributed by atoms with Gasteiger partial charge in [-0.3, -0.25) is 5.41 Å². The maximum absolute atomic E-state index is 14.8. The topological polar surface area (TPSA) is 80.5 Å². The lowest BCUT2D eigenvalue weighted by Crippen LogP contribution is -2.59. The summed E-state index contributed by atoms with van der Waals surface area (Å²) < 4.78 is 29.6. The fraction of sp³-hybridized carbons (Fsp3) is 0.200. The zero-order chi connectivity index (χ0) is 28.0. The third-order valence-electron chi connectivity index (χ3n) is 7.36. The average Bonchev–Trinajstić information content (AvgIpc) is 3.06. The van der Waals surface area contributed by atoms with Gasteiger partial charge in [-0.1, -0.05) is 23.7 Å². The second-order valence-corrected chi connectivity index (χ2v) is 10.5. The van der Waals surface area contributed by atoms with Gasteiger partial charge in [0.15, 0.2) is 0 Å². The molecule has 0 amide bonds. The van der Waals surface area contributed by atoms with E-state index in [-0.39, 0.29) is 10.7 Å². The Morgan fingerprint density at radius 3 is 2.48 bits per heavy atom. The van der Waals surface area contributed by atoms with Crippen molar-refractivity contribution in [3.05, 3.63) is 107 Å². The van der Waals surface area contributed by atoms with Crippen molar-refractivity contribution < 1.29 is 8.78 Å². The number of aliphatic imine (C=N–C) groups is 1. The van der Waals surface area contributed by atoms with Crippen molar-refractivity contribution in [3.8, 4) is 0 Å². The van der Waals surface area contributed by atoms with E-state index in [0.717, 1.165) is 29.9 Å². The molecule has 0 unspecified atom stereocenters. The van der Waals surface area contributed by atoms with Crippen LogP contribution < -0.4 is 5.32 Å². The third kappa shape index (κ3) is 4.82. The van der Waals surface area contributed by atoms with Crippen LogP contribution in [-0.4, -0.2) is 64.0 Å². The van der Waals surface area contributed by atoms with E-state index < -0.39 is 11.6 Å². The predicted molar refractivity (Wildman–Crippen MR) is 155 cm³/mol. The van der Waals surface area contributed by atoms with Crippen LogP contribution in [0.5, 0.6) is 0 Å². The molecule has 0 bridgehead atoms. The molecule has 3 aromatic rings. The van der Waals surface area contributed by atoms with Gasteiger partial charge in [0.25, 0.3) is 0 Å². The number of rotatable bonds is 5. The molecule has 6 rings (SSSR count). The average molecular weight is 558 g/mol. The second-order valence-electron chi connectivity index (χ2n) is 10.1. The molecule has 1 aromatic heterocycles. The Hall–Kier alpha value is -4.21. The van der Waals surface area contributed by atoms with Crippen molar-refractivity contribution in [1.82, 2.24) is 19.8 Å². The number of hydrogen-bond donors (Lipinski definition) is 2. The molecule has 2 aromatic carbocycles. The van der Waals surface area contributed by atoms with E-state index >= 15 is 0 Å². The molecule has 0 spiro atoms. The van der Waals surface area contributed by atoms with Gasteiger partial charge in [-0.25, -0.2) is 23.7 Å². The smallest absolute Gasteiger partial charge is 0.227 e. The van der Waals surface area contributed by atoms with Crippen molar-refractivity contribution in [2.24, 2.45) is 4.99 Å². The number of aromatic nitrogens is 2. The van der Waals surface area contributed by atoms with Crippen molar-refractivity contribution in [2.45, 2.75) is 12.5 Å². The van der Waals surface area contributed by atoms with E-state index in [2.05, 4.69) is 39.2 Å². The molecular weight excluding hydrogens is 532 g/mol. The van der Waals surface area contributed by atoms with Gasteiger partial charge in [-0.2, -0.15) is 0 Å². The molecule has 7 nitrogen and oxygen atoms in total. The van der Waals surface area contributed by atoms with E-state index in [1.807, 2.05) is 30.3 Å². The summed E-state index contributed by atoms with van der Waals surface area (Å²) >= 11 is 6.28. The molecule has 1 saturated heterocycles. The third-order valence-corrected chi connectivity index (χ3v) is 7.57. The number of nitrogens with one attached hydrogen (secondary N) is 2. The Morgan fingerprint density at radius 2 is 1.77 bits per heavy atom. The highest BCUT2D eigenvalue weighted by atomic mass is 35.5. The van der Waals surface area contributed by atoms with Crippen molar-refractivity contribution in [2.75, 3.05) is 32.5 Å². The largest absolute Gasteiger partial charge is 0.353 e. The zero-order valence-corrected chi connectivity index (χ0v) is 22.7. The van der Waals surface area contributed by atoms with E-state index in [4.69, 9.17) is 22.0 Å². The first-order valence-corrected chi connectivity index (χ1v) is 13.2. The molecule has 3 heterocycles. The maximum Gasteiger partial charge on any atom is 0.227 e. The van der Waals surface area contributed by atoms with Crippen LogP contribution in [0.25, 0.3) is 11.1 Å². The number of hydrogen-bond acceptors (Lipinski definition) is 6. The number of nitrogens with zero attached hydrogens (tertiary/aromatic N) is 5. The Morgan fingerprint density at radius 1 is 1.05 bits per heavy atom. The highest BCUT2D eigenvalue weighted by Gasteiger charge is 2.31. The lowest BCUT2D eigenvalue weighted by molar-refractivity contribution is 0.124. The number of benzene rings is 2. The molecule has 10 heteroatoms. The normalized spacial score (nSPS) is 16.6. The molecule has 1 aliphatic carbocycles. The summed E-state index contributed by atoms with van der Waals surface area (Å²) in [7, 11) is 4.11. The summed E-state index contributed by atoms with van der Waals surface area (Å²) in [4.78, 5) is 17.7. The Balaban J connectivity index is 1.25. The number of halogens is 3. The van der Waals surface area contributed by atoms with Crippen LogP contribution in [0.4, 0.5) is 20.4 Å². The SMILES string of the molecule is CN(C)C1CN(C(=N)c2ccc(Nc3ncc4c(n3)C3=CN=C(Cl)C=C(c5c(F)cccc5F)C3=CC4)cc2)C1. The number of allylic oxidation sites excluding steroid dienone is 5. The lowest BCUT2D eigenvalue weighted by Gasteiger charge is -2.44. The molecule has 0 radical (unpaired) electrons. The molecule has 2 N–H and O–H groups in total. The van der Waals surface area contributed by atoms with Gasteiger partial charge < -0.3 is 15.1 Å². The quantitative estimate of drug-likeness (QED) is 0.314. The zero-order valence-electron chi connectivity index (χ0n) is 21.9. The van der Waals surface area contributed by atoms with Gasteiger partial charge in [-0.05, 0) is 74.1 Å². The van der Waals surface area contributed by atoms with Crippen LogP contribution in [0.1, 0.15) is 22.4 Å². The number of likely N-dealkylation sites (tertiary alicyclic amines) is 1. The van der Waals surface area contributed by atoms with Crippen molar-refractivity contribution >= 4 is 45.4 Å². The van der Waals surface area contributed by atoms with Gasteiger partial charge in [0.2, 0.25) is 5.95 Å². The monoisotopic (exact) mass is 557 g/mol. The van der Waals surface area contributed by atoms with E-state index in [9.17, 15) is 8.78 Å². The summed E-state index contributed by atoms with van der Waals surface area (Å²) in [5.41, 5.74) is 4.42. The Kier molecular flexibility index (Phi) is 6.77. The molecular formula is C30H26ClF2N7. The first-order chi connectivity index (χ1) is 19.3. The first kappa shape index (κ1) is 26.0. The Bertz CT molecular complexity index is 1610. The molecule has 40 heavy (non-hydrogen) atoms. The van der Waals surface area contributed by atoms with Crippen LogP contribution in [0.3, 0.4) is 0 Å². The minimum Gasteiger partial charge on any atom is -0.353 e. The minimum atomic E-state index is -0.683. The van der Waals surface area contributed by atoms with Gasteiger partial charge in [0, 0.05) is 53.9 Å². The van der Waals surface area contributed by atoms with Crippen LogP contribution in [0.15, 0.2) is 77.6 Å². The molecule has 3 aliphatic rings. The highest BCUT2D eigenvalue weighted by molar-refractivity contribution is 6.69. The molecule has 202 valence electrons. The van der Waals surface area contributed by atoms with E-state index in [1.165, 1.54) is 24.3 Å². The second kappa shape index (κ2) is 10.4. The summed E-state index contributed by atoms with van der Waals surface area (Å²) in [5.74, 6) is -0.500. The molecule has 1 fully saturated rings. The minimum absolute atomic E-state index is 0.107. The fourth-order valence-corrected chi connectivity index (χ4v) is 5.15. The standard InChI is InChI=1S/C30H26ClF2N7/c1-39(2)20-15-40(16-20)29(34)17-6-9-19(10-7-17)37-30-36-13-18-8-11-21-22(27-24(32)4-3-5-25(27)33)12-26(31)35-14-23(21)28(18)38-30/h3-7,9-14,20,34H,8,15-16H2,1-2H3,(H,36,37,38). The first-order valence-electron chi connectivity index (χ1n) is 12.8. The van der Waals surface area contributed by atoms with Gasteiger partial charge >= 0.3 is 0 Å². The number of anilines is 2. The summed E-state index contributed by atoms with van der Waals surface area (Å²) in [6.45, 7) is 1.69. The van der Waals surface area contributed by atoms with Crippen LogP contribution >= 0.6 is 11.6 Å². The number of amidine groups is 1. The number of likely N-dealkylation sites (N-methyl/N-ethyl adjacent to an activating group) is 1. The predicted octanol–water partition coefficient (Wildman–Crippen LogP) is 5.63. The maximum atomic E-state index is 14.8. The lowest BCUT2D eigenvalue weighted by atomic mass is 9.84. The van der Waals surface area contributed by atoms with E-state index in [0.29, 0.717) is 46.7 Å². The highest BCUT2D eigenvalue weighted by Crippen LogP contribution is 2.41.